The molecule has 0 spiro atoms. The summed E-state index contributed by atoms with van der Waals surface area (Å²) in [6.07, 6.45) is 0.730. The molecule has 0 radical (unpaired) electrons. The standard InChI is InChI=1S/C25H34N2O2S/c1-18(2)26-25(29)21(5)27(12-11-22-9-7-6-8-10-22)24(28)17-30-16-23-14-19(3)13-20(4)15-23/h6-10,13-15,18,21H,11-12,16-17H2,1-5H3,(H,26,29)/t21-/m1/s1. The Hall–Kier alpha value is -2.27. The van der Waals surface area contributed by atoms with Crippen molar-refractivity contribution in [2.75, 3.05) is 12.3 Å². The van der Waals surface area contributed by atoms with Crippen molar-refractivity contribution in [1.82, 2.24) is 10.2 Å². The molecule has 2 aromatic carbocycles. The van der Waals surface area contributed by atoms with Crippen LogP contribution < -0.4 is 5.32 Å². The number of carbonyl (C=O) groups is 2. The second kappa shape index (κ2) is 11.8. The van der Waals surface area contributed by atoms with E-state index in [9.17, 15) is 9.59 Å². The fraction of sp³-hybridized carbons (Fsp3) is 0.440. The molecule has 0 aliphatic rings. The Morgan fingerprint density at radius 2 is 1.60 bits per heavy atom. The Balaban J connectivity index is 2.01. The van der Waals surface area contributed by atoms with Gasteiger partial charge in [0, 0.05) is 18.3 Å². The van der Waals surface area contributed by atoms with Crippen molar-refractivity contribution in [1.29, 1.82) is 0 Å². The molecule has 0 unspecified atom stereocenters. The molecule has 0 aromatic heterocycles. The number of benzene rings is 2. The summed E-state index contributed by atoms with van der Waals surface area (Å²) in [5.74, 6) is 1.05. The third-order valence-corrected chi connectivity index (χ3v) is 5.85. The van der Waals surface area contributed by atoms with Crippen LogP contribution in [0.1, 0.15) is 43.0 Å². The molecule has 0 bridgehead atoms. The van der Waals surface area contributed by atoms with Gasteiger partial charge < -0.3 is 10.2 Å². The molecule has 1 N–H and O–H groups in total. The monoisotopic (exact) mass is 426 g/mol. The Kier molecular flexibility index (Phi) is 9.44. The van der Waals surface area contributed by atoms with Crippen molar-refractivity contribution < 1.29 is 9.59 Å². The highest BCUT2D eigenvalue weighted by molar-refractivity contribution is 7.99. The van der Waals surface area contributed by atoms with Gasteiger partial charge in [-0.2, -0.15) is 0 Å². The first-order valence-corrected chi connectivity index (χ1v) is 11.7. The first-order valence-electron chi connectivity index (χ1n) is 10.5. The maximum atomic E-state index is 13.0. The van der Waals surface area contributed by atoms with Gasteiger partial charge in [0.05, 0.1) is 5.75 Å². The molecule has 2 aromatic rings. The second-order valence-electron chi connectivity index (χ2n) is 8.15. The van der Waals surface area contributed by atoms with Crippen molar-refractivity contribution in [2.24, 2.45) is 0 Å². The first-order chi connectivity index (χ1) is 14.3. The molecule has 0 heterocycles. The Labute approximate surface area is 185 Å². The van der Waals surface area contributed by atoms with E-state index in [1.807, 2.05) is 39.0 Å². The summed E-state index contributed by atoms with van der Waals surface area (Å²) in [5.41, 5.74) is 4.86. The molecule has 0 fully saturated rings. The van der Waals surface area contributed by atoms with Crippen LogP contribution in [-0.4, -0.2) is 41.1 Å². The first kappa shape index (κ1) is 24.0. The minimum Gasteiger partial charge on any atom is -0.352 e. The van der Waals surface area contributed by atoms with Crippen LogP contribution in [0.2, 0.25) is 0 Å². The van der Waals surface area contributed by atoms with Gasteiger partial charge in [0.2, 0.25) is 11.8 Å². The number of hydrogen-bond donors (Lipinski definition) is 1. The van der Waals surface area contributed by atoms with Gasteiger partial charge in [0.15, 0.2) is 0 Å². The van der Waals surface area contributed by atoms with Crippen molar-refractivity contribution in [3.8, 4) is 0 Å². The van der Waals surface area contributed by atoms with Gasteiger partial charge in [-0.1, -0.05) is 59.7 Å². The van der Waals surface area contributed by atoms with Gasteiger partial charge >= 0.3 is 0 Å². The van der Waals surface area contributed by atoms with Gasteiger partial charge in [-0.25, -0.2) is 0 Å². The van der Waals surface area contributed by atoms with Crippen LogP contribution in [0.15, 0.2) is 48.5 Å². The maximum Gasteiger partial charge on any atom is 0.242 e. The smallest absolute Gasteiger partial charge is 0.242 e. The SMILES string of the molecule is Cc1cc(C)cc(CSCC(=O)N(CCc2ccccc2)[C@H](C)C(=O)NC(C)C)c1. The van der Waals surface area contributed by atoms with E-state index in [0.29, 0.717) is 12.3 Å². The van der Waals surface area contributed by atoms with Crippen LogP contribution in [0.5, 0.6) is 0 Å². The fourth-order valence-electron chi connectivity index (χ4n) is 3.47. The summed E-state index contributed by atoms with van der Waals surface area (Å²) in [6, 6.07) is 16.1. The summed E-state index contributed by atoms with van der Waals surface area (Å²) in [7, 11) is 0. The molecule has 162 valence electrons. The molecule has 2 amide bonds. The lowest BCUT2D eigenvalue weighted by Gasteiger charge is -2.29. The Morgan fingerprint density at radius 1 is 0.967 bits per heavy atom. The lowest BCUT2D eigenvalue weighted by molar-refractivity contribution is -0.138. The van der Waals surface area contributed by atoms with Crippen molar-refractivity contribution in [2.45, 2.75) is 58.9 Å². The summed E-state index contributed by atoms with van der Waals surface area (Å²) in [5, 5.41) is 2.93. The average molecular weight is 427 g/mol. The van der Waals surface area contributed by atoms with E-state index in [0.717, 1.165) is 17.7 Å². The van der Waals surface area contributed by atoms with Crippen LogP contribution in [0.4, 0.5) is 0 Å². The van der Waals surface area contributed by atoms with E-state index >= 15 is 0 Å². The van der Waals surface area contributed by atoms with E-state index in [-0.39, 0.29) is 17.9 Å². The molecule has 5 heteroatoms. The largest absolute Gasteiger partial charge is 0.352 e. The van der Waals surface area contributed by atoms with Gasteiger partial charge in [0.25, 0.3) is 0 Å². The van der Waals surface area contributed by atoms with Crippen LogP contribution in [-0.2, 0) is 21.8 Å². The van der Waals surface area contributed by atoms with Crippen molar-refractivity contribution >= 4 is 23.6 Å². The number of hydrogen-bond acceptors (Lipinski definition) is 3. The zero-order valence-electron chi connectivity index (χ0n) is 18.8. The van der Waals surface area contributed by atoms with E-state index in [1.165, 1.54) is 16.7 Å². The van der Waals surface area contributed by atoms with E-state index in [1.54, 1.807) is 16.7 Å². The number of rotatable bonds is 10. The quantitative estimate of drug-likeness (QED) is 0.608. The summed E-state index contributed by atoms with van der Waals surface area (Å²) < 4.78 is 0. The fourth-order valence-corrected chi connectivity index (χ4v) is 4.31. The molecule has 4 nitrogen and oxygen atoms in total. The second-order valence-corrected chi connectivity index (χ2v) is 9.14. The highest BCUT2D eigenvalue weighted by atomic mass is 32.2. The number of aryl methyl sites for hydroxylation is 2. The normalized spacial score (nSPS) is 11.9. The van der Waals surface area contributed by atoms with Gasteiger partial charge in [-0.15, -0.1) is 11.8 Å². The van der Waals surface area contributed by atoms with Crippen molar-refractivity contribution in [3.05, 3.63) is 70.8 Å². The van der Waals surface area contributed by atoms with E-state index in [2.05, 4.69) is 49.5 Å². The number of nitrogens with zero attached hydrogens (tertiary/aromatic N) is 1. The zero-order chi connectivity index (χ0) is 22.1. The van der Waals surface area contributed by atoms with E-state index < -0.39 is 6.04 Å². The molecule has 0 saturated carbocycles. The third-order valence-electron chi connectivity index (χ3n) is 4.86. The van der Waals surface area contributed by atoms with Gasteiger partial charge in [0.1, 0.15) is 6.04 Å². The van der Waals surface area contributed by atoms with Crippen molar-refractivity contribution in [3.63, 3.8) is 0 Å². The maximum absolute atomic E-state index is 13.0. The van der Waals surface area contributed by atoms with Crippen LogP contribution in [0, 0.1) is 13.8 Å². The van der Waals surface area contributed by atoms with E-state index in [4.69, 9.17) is 0 Å². The minimum atomic E-state index is -0.495. The molecule has 0 aliphatic heterocycles. The van der Waals surface area contributed by atoms with Crippen LogP contribution in [0.25, 0.3) is 0 Å². The summed E-state index contributed by atoms with van der Waals surface area (Å²) in [6.45, 7) is 10.4. The predicted molar refractivity (Wildman–Crippen MR) is 127 cm³/mol. The molecular formula is C25H34N2O2S. The molecule has 2 rings (SSSR count). The van der Waals surface area contributed by atoms with Gasteiger partial charge in [-0.05, 0) is 52.2 Å². The number of carbonyl (C=O) groups excluding carboxylic acids is 2. The molecular weight excluding hydrogens is 392 g/mol. The minimum absolute atomic E-state index is 0.00622. The van der Waals surface area contributed by atoms with Crippen LogP contribution >= 0.6 is 11.8 Å². The van der Waals surface area contributed by atoms with Crippen LogP contribution in [0.3, 0.4) is 0 Å². The zero-order valence-corrected chi connectivity index (χ0v) is 19.6. The summed E-state index contributed by atoms with van der Waals surface area (Å²) >= 11 is 1.60. The summed E-state index contributed by atoms with van der Waals surface area (Å²) in [4.78, 5) is 27.3. The molecule has 0 aliphatic carbocycles. The van der Waals surface area contributed by atoms with Gasteiger partial charge in [-0.3, -0.25) is 9.59 Å². The highest BCUT2D eigenvalue weighted by Crippen LogP contribution is 2.17. The Morgan fingerprint density at radius 3 is 2.20 bits per heavy atom. The lowest BCUT2D eigenvalue weighted by Crippen LogP contribution is -2.50. The topological polar surface area (TPSA) is 49.4 Å². The molecule has 30 heavy (non-hydrogen) atoms. The number of amides is 2. The number of thioether (sulfide) groups is 1. The average Bonchev–Trinajstić information content (AvgIpc) is 2.67. The third kappa shape index (κ3) is 7.86. The highest BCUT2D eigenvalue weighted by Gasteiger charge is 2.25. The lowest BCUT2D eigenvalue weighted by atomic mass is 10.1. The predicted octanol–water partition coefficient (Wildman–Crippen LogP) is 4.52. The molecule has 0 saturated heterocycles. The molecule has 1 atom stereocenters. The Bertz CT molecular complexity index is 816. The number of nitrogens with one attached hydrogen (secondary N) is 1.